The zero-order valence-corrected chi connectivity index (χ0v) is 9.37. The Balaban J connectivity index is 2.12. The summed E-state index contributed by atoms with van der Waals surface area (Å²) in [5.41, 5.74) is -0.397. The van der Waals surface area contributed by atoms with Crippen molar-refractivity contribution in [2.75, 3.05) is 6.61 Å². The van der Waals surface area contributed by atoms with Gasteiger partial charge in [-0.05, 0) is 32.1 Å². The van der Waals surface area contributed by atoms with Crippen molar-refractivity contribution in [2.24, 2.45) is 11.8 Å². The molecule has 86 valence electrons. The van der Waals surface area contributed by atoms with Gasteiger partial charge in [0.05, 0.1) is 11.5 Å². The molecule has 3 nitrogen and oxygen atoms in total. The van der Waals surface area contributed by atoms with Gasteiger partial charge in [0.2, 0.25) is 0 Å². The fourth-order valence-electron chi connectivity index (χ4n) is 3.23. The first-order chi connectivity index (χ1) is 7.14. The van der Waals surface area contributed by atoms with Gasteiger partial charge in [0.1, 0.15) is 0 Å². The third-order valence-corrected chi connectivity index (χ3v) is 4.23. The van der Waals surface area contributed by atoms with E-state index in [1.54, 1.807) is 0 Å². The van der Waals surface area contributed by atoms with Crippen LogP contribution in [0.5, 0.6) is 0 Å². The highest BCUT2D eigenvalue weighted by molar-refractivity contribution is 5.72. The van der Waals surface area contributed by atoms with E-state index in [0.717, 1.165) is 12.8 Å². The van der Waals surface area contributed by atoms with Crippen LogP contribution >= 0.6 is 0 Å². The Morgan fingerprint density at radius 1 is 1.27 bits per heavy atom. The van der Waals surface area contributed by atoms with Crippen LogP contribution in [0.2, 0.25) is 0 Å². The van der Waals surface area contributed by atoms with Crippen molar-refractivity contribution in [2.45, 2.75) is 51.0 Å². The SMILES string of the molecule is CC1(C2CCCCC2)OCCC1C(=O)O. The van der Waals surface area contributed by atoms with Gasteiger partial charge in [-0.25, -0.2) is 0 Å². The van der Waals surface area contributed by atoms with Crippen molar-refractivity contribution < 1.29 is 14.6 Å². The summed E-state index contributed by atoms with van der Waals surface area (Å²) >= 11 is 0. The minimum absolute atomic E-state index is 0.291. The highest BCUT2D eigenvalue weighted by Gasteiger charge is 2.49. The maximum atomic E-state index is 11.2. The molecule has 1 aliphatic heterocycles. The number of aliphatic carboxylic acids is 1. The van der Waals surface area contributed by atoms with Crippen LogP contribution in [-0.2, 0) is 9.53 Å². The van der Waals surface area contributed by atoms with Crippen LogP contribution in [0.1, 0.15) is 45.4 Å². The fraction of sp³-hybridized carbons (Fsp3) is 0.917. The smallest absolute Gasteiger partial charge is 0.309 e. The van der Waals surface area contributed by atoms with E-state index >= 15 is 0 Å². The Morgan fingerprint density at radius 2 is 1.93 bits per heavy atom. The Bertz CT molecular complexity index is 245. The first-order valence-corrected chi connectivity index (χ1v) is 6.01. The molecule has 1 aliphatic carbocycles. The van der Waals surface area contributed by atoms with Gasteiger partial charge in [-0.3, -0.25) is 4.79 Å². The molecule has 15 heavy (non-hydrogen) atoms. The van der Waals surface area contributed by atoms with E-state index in [1.807, 2.05) is 6.92 Å². The van der Waals surface area contributed by atoms with E-state index in [4.69, 9.17) is 4.74 Å². The molecular weight excluding hydrogens is 192 g/mol. The zero-order valence-electron chi connectivity index (χ0n) is 9.37. The van der Waals surface area contributed by atoms with E-state index in [9.17, 15) is 9.90 Å². The predicted molar refractivity (Wildman–Crippen MR) is 56.7 cm³/mol. The molecule has 2 atom stereocenters. The molecule has 0 aromatic rings. The number of hydrogen-bond acceptors (Lipinski definition) is 2. The summed E-state index contributed by atoms with van der Waals surface area (Å²) in [6, 6.07) is 0. The van der Waals surface area contributed by atoms with E-state index in [2.05, 4.69) is 0 Å². The third-order valence-electron chi connectivity index (χ3n) is 4.23. The molecule has 0 amide bonds. The van der Waals surface area contributed by atoms with Gasteiger partial charge < -0.3 is 9.84 Å². The van der Waals surface area contributed by atoms with E-state index in [-0.39, 0.29) is 5.92 Å². The predicted octanol–water partition coefficient (Wildman–Crippen LogP) is 2.45. The number of carboxylic acid groups (broad SMARTS) is 1. The second kappa shape index (κ2) is 4.12. The molecule has 0 spiro atoms. The van der Waals surface area contributed by atoms with Gasteiger partial charge in [-0.1, -0.05) is 19.3 Å². The summed E-state index contributed by atoms with van der Waals surface area (Å²) in [5, 5.41) is 9.20. The number of rotatable bonds is 2. The van der Waals surface area contributed by atoms with Crippen LogP contribution in [0.25, 0.3) is 0 Å². The molecular formula is C12H20O3. The van der Waals surface area contributed by atoms with Crippen molar-refractivity contribution in [1.29, 1.82) is 0 Å². The highest BCUT2D eigenvalue weighted by Crippen LogP contribution is 2.44. The Morgan fingerprint density at radius 3 is 2.53 bits per heavy atom. The van der Waals surface area contributed by atoms with Crippen molar-refractivity contribution in [3.05, 3.63) is 0 Å². The van der Waals surface area contributed by atoms with Gasteiger partial charge in [0, 0.05) is 6.61 Å². The van der Waals surface area contributed by atoms with Crippen LogP contribution in [0.15, 0.2) is 0 Å². The second-order valence-corrected chi connectivity index (χ2v) is 5.05. The maximum Gasteiger partial charge on any atom is 0.309 e. The van der Waals surface area contributed by atoms with Gasteiger partial charge in [-0.15, -0.1) is 0 Å². The summed E-state index contributed by atoms with van der Waals surface area (Å²) in [6.07, 6.45) is 6.72. The van der Waals surface area contributed by atoms with E-state index < -0.39 is 11.6 Å². The zero-order chi connectivity index (χ0) is 10.9. The first-order valence-electron chi connectivity index (χ1n) is 6.01. The van der Waals surface area contributed by atoms with Crippen LogP contribution in [0.3, 0.4) is 0 Å². The molecule has 0 aromatic carbocycles. The van der Waals surface area contributed by atoms with Gasteiger partial charge in [0.25, 0.3) is 0 Å². The molecule has 0 radical (unpaired) electrons. The van der Waals surface area contributed by atoms with Crippen LogP contribution in [0, 0.1) is 11.8 Å². The van der Waals surface area contributed by atoms with Gasteiger partial charge >= 0.3 is 5.97 Å². The molecule has 1 saturated carbocycles. The monoisotopic (exact) mass is 212 g/mol. The fourth-order valence-corrected chi connectivity index (χ4v) is 3.23. The maximum absolute atomic E-state index is 11.2. The second-order valence-electron chi connectivity index (χ2n) is 5.05. The van der Waals surface area contributed by atoms with E-state index in [1.165, 1.54) is 19.3 Å². The molecule has 3 heteroatoms. The van der Waals surface area contributed by atoms with Crippen LogP contribution in [-0.4, -0.2) is 23.3 Å². The summed E-state index contributed by atoms with van der Waals surface area (Å²) in [6.45, 7) is 2.62. The van der Waals surface area contributed by atoms with Crippen LogP contribution in [0.4, 0.5) is 0 Å². The van der Waals surface area contributed by atoms with Crippen molar-refractivity contribution in [3.63, 3.8) is 0 Å². The molecule has 0 bridgehead atoms. The molecule has 2 rings (SSSR count). The lowest BCUT2D eigenvalue weighted by atomic mass is 9.72. The minimum Gasteiger partial charge on any atom is -0.481 e. The number of carbonyl (C=O) groups is 1. The minimum atomic E-state index is -0.680. The van der Waals surface area contributed by atoms with Crippen molar-refractivity contribution in [1.82, 2.24) is 0 Å². The average Bonchev–Trinajstić information content (AvgIpc) is 2.63. The Hall–Kier alpha value is -0.570. The summed E-state index contributed by atoms with van der Waals surface area (Å²) < 4.78 is 5.77. The Kier molecular flexibility index (Phi) is 3.01. The third kappa shape index (κ3) is 1.89. The molecule has 2 fully saturated rings. The molecule has 2 aliphatic rings. The van der Waals surface area contributed by atoms with Gasteiger partial charge in [0.15, 0.2) is 0 Å². The summed E-state index contributed by atoms with van der Waals surface area (Å²) in [7, 11) is 0. The first kappa shape index (κ1) is 10.9. The summed E-state index contributed by atoms with van der Waals surface area (Å²) in [5.74, 6) is -0.518. The lowest BCUT2D eigenvalue weighted by molar-refractivity contribution is -0.151. The van der Waals surface area contributed by atoms with E-state index in [0.29, 0.717) is 18.9 Å². The quantitative estimate of drug-likeness (QED) is 0.764. The topological polar surface area (TPSA) is 46.5 Å². The van der Waals surface area contributed by atoms with Crippen LogP contribution < -0.4 is 0 Å². The molecule has 1 saturated heterocycles. The lowest BCUT2D eigenvalue weighted by Gasteiger charge is -2.38. The Labute approximate surface area is 90.8 Å². The standard InChI is InChI=1S/C12H20O3/c1-12(9-5-3-2-4-6-9)10(11(13)14)7-8-15-12/h9-10H,2-8H2,1H3,(H,13,14). The van der Waals surface area contributed by atoms with Crippen molar-refractivity contribution in [3.8, 4) is 0 Å². The summed E-state index contributed by atoms with van der Waals surface area (Å²) in [4.78, 5) is 11.2. The molecule has 2 unspecified atom stereocenters. The average molecular weight is 212 g/mol. The van der Waals surface area contributed by atoms with Crippen molar-refractivity contribution >= 4 is 5.97 Å². The normalized spacial score (nSPS) is 38.1. The molecule has 1 N–H and O–H groups in total. The molecule has 1 heterocycles. The molecule has 0 aromatic heterocycles. The van der Waals surface area contributed by atoms with Gasteiger partial charge in [-0.2, -0.15) is 0 Å². The number of hydrogen-bond donors (Lipinski definition) is 1. The lowest BCUT2D eigenvalue weighted by Crippen LogP contribution is -2.44. The highest BCUT2D eigenvalue weighted by atomic mass is 16.5. The number of carboxylic acids is 1. The largest absolute Gasteiger partial charge is 0.481 e. The number of ether oxygens (including phenoxy) is 1.